The summed E-state index contributed by atoms with van der Waals surface area (Å²) in [4.78, 5) is 29.8. The van der Waals surface area contributed by atoms with Crippen molar-refractivity contribution in [2.75, 3.05) is 14.1 Å². The van der Waals surface area contributed by atoms with Gasteiger partial charge in [0.25, 0.3) is 5.91 Å². The second kappa shape index (κ2) is 9.03. The average Bonchev–Trinajstić information content (AvgIpc) is 2.55. The summed E-state index contributed by atoms with van der Waals surface area (Å²) in [6, 6.07) is 13.0. The van der Waals surface area contributed by atoms with Gasteiger partial charge in [-0.25, -0.2) is 4.79 Å². The number of halogens is 1. The highest BCUT2D eigenvalue weighted by atomic mass is 35.5. The second-order valence-corrected chi connectivity index (χ2v) is 5.81. The molecule has 0 radical (unpaired) electrons. The summed E-state index contributed by atoms with van der Waals surface area (Å²) in [7, 11) is 3.25. The SMILES string of the molecule is CN(C)C(=O)[C@](Cc1ccccc1)(Cc1ccncc1)OC(N)=O.Cl. The highest BCUT2D eigenvalue weighted by Crippen LogP contribution is 2.25. The summed E-state index contributed by atoms with van der Waals surface area (Å²) in [6.45, 7) is 0. The van der Waals surface area contributed by atoms with Crippen molar-refractivity contribution in [2.24, 2.45) is 5.73 Å². The van der Waals surface area contributed by atoms with Crippen molar-refractivity contribution >= 4 is 24.4 Å². The van der Waals surface area contributed by atoms with Crippen LogP contribution >= 0.6 is 12.4 Å². The van der Waals surface area contributed by atoms with Gasteiger partial charge in [0.2, 0.25) is 0 Å². The summed E-state index contributed by atoms with van der Waals surface area (Å²) in [5, 5.41) is 0. The normalized spacial score (nSPS) is 12.4. The smallest absolute Gasteiger partial charge is 0.405 e. The molecular formula is C18H22ClN3O3. The number of hydrogen-bond acceptors (Lipinski definition) is 4. The van der Waals surface area contributed by atoms with Gasteiger partial charge in [-0.15, -0.1) is 12.4 Å². The molecule has 0 aliphatic heterocycles. The lowest BCUT2D eigenvalue weighted by atomic mass is 9.86. The topological polar surface area (TPSA) is 85.5 Å². The molecule has 0 saturated carbocycles. The van der Waals surface area contributed by atoms with Crippen LogP contribution < -0.4 is 5.73 Å². The van der Waals surface area contributed by atoms with Crippen LogP contribution in [-0.2, 0) is 22.4 Å². The maximum absolute atomic E-state index is 12.9. The second-order valence-electron chi connectivity index (χ2n) is 5.81. The molecule has 25 heavy (non-hydrogen) atoms. The standard InChI is InChI=1S/C18H21N3O3.ClH/c1-21(2)16(22)18(24-17(19)23,12-14-6-4-3-5-7-14)13-15-8-10-20-11-9-15;/h3-11H,12-13H2,1-2H3,(H2,19,23);1H/t18-;/m0./s1. The third-order valence-corrected chi connectivity index (χ3v) is 3.66. The summed E-state index contributed by atoms with van der Waals surface area (Å²) in [5.41, 5.74) is 5.58. The van der Waals surface area contributed by atoms with E-state index >= 15 is 0 Å². The van der Waals surface area contributed by atoms with E-state index in [9.17, 15) is 9.59 Å². The molecule has 0 spiro atoms. The number of primary amides is 1. The van der Waals surface area contributed by atoms with Gasteiger partial charge in [0.05, 0.1) is 0 Å². The first-order valence-electron chi connectivity index (χ1n) is 7.56. The molecule has 0 fully saturated rings. The van der Waals surface area contributed by atoms with Crippen LogP contribution in [0.2, 0.25) is 0 Å². The van der Waals surface area contributed by atoms with E-state index < -0.39 is 11.7 Å². The fourth-order valence-corrected chi connectivity index (χ4v) is 2.69. The van der Waals surface area contributed by atoms with Crippen molar-refractivity contribution in [3.05, 3.63) is 66.0 Å². The molecule has 7 heteroatoms. The fourth-order valence-electron chi connectivity index (χ4n) is 2.69. The number of amides is 2. The van der Waals surface area contributed by atoms with Crippen molar-refractivity contribution in [1.82, 2.24) is 9.88 Å². The number of hydrogen-bond donors (Lipinski definition) is 1. The summed E-state index contributed by atoms with van der Waals surface area (Å²) in [5.74, 6) is -0.318. The summed E-state index contributed by atoms with van der Waals surface area (Å²) in [6.07, 6.45) is 2.73. The molecule has 0 unspecified atom stereocenters. The Morgan fingerprint density at radius 2 is 1.56 bits per heavy atom. The average molecular weight is 364 g/mol. The van der Waals surface area contributed by atoms with E-state index in [0.29, 0.717) is 0 Å². The number of ether oxygens (including phenoxy) is 1. The van der Waals surface area contributed by atoms with E-state index in [1.165, 1.54) is 4.90 Å². The van der Waals surface area contributed by atoms with Crippen LogP contribution in [0.15, 0.2) is 54.9 Å². The monoisotopic (exact) mass is 363 g/mol. The molecule has 1 aromatic heterocycles. The molecule has 134 valence electrons. The Kier molecular flexibility index (Phi) is 7.39. The molecule has 0 saturated heterocycles. The highest BCUT2D eigenvalue weighted by molar-refractivity contribution is 5.88. The van der Waals surface area contributed by atoms with Gasteiger partial charge < -0.3 is 15.4 Å². The lowest BCUT2D eigenvalue weighted by Gasteiger charge is -2.34. The van der Waals surface area contributed by atoms with E-state index in [1.807, 2.05) is 30.3 Å². The van der Waals surface area contributed by atoms with Crippen LogP contribution in [0.5, 0.6) is 0 Å². The Bertz CT molecular complexity index is 652. The molecule has 6 nitrogen and oxygen atoms in total. The largest absolute Gasteiger partial charge is 0.432 e. The zero-order valence-corrected chi connectivity index (χ0v) is 15.0. The minimum atomic E-state index is -1.40. The molecule has 1 atom stereocenters. The number of benzene rings is 1. The number of aromatic nitrogens is 1. The van der Waals surface area contributed by atoms with Crippen molar-refractivity contribution in [2.45, 2.75) is 18.4 Å². The molecule has 1 aromatic carbocycles. The summed E-state index contributed by atoms with van der Waals surface area (Å²) >= 11 is 0. The number of nitrogens with zero attached hydrogens (tertiary/aromatic N) is 2. The van der Waals surface area contributed by atoms with E-state index in [4.69, 9.17) is 10.5 Å². The van der Waals surface area contributed by atoms with Crippen molar-refractivity contribution in [1.29, 1.82) is 0 Å². The van der Waals surface area contributed by atoms with Gasteiger partial charge in [0.15, 0.2) is 5.60 Å². The maximum atomic E-state index is 12.9. The maximum Gasteiger partial charge on any atom is 0.405 e. The molecule has 1 heterocycles. The number of rotatable bonds is 6. The summed E-state index contributed by atoms with van der Waals surface area (Å²) < 4.78 is 5.40. The molecule has 2 N–H and O–H groups in total. The van der Waals surface area contributed by atoms with Crippen molar-refractivity contribution in [3.63, 3.8) is 0 Å². The first kappa shape index (κ1) is 20.4. The van der Waals surface area contributed by atoms with Gasteiger partial charge in [-0.1, -0.05) is 30.3 Å². The van der Waals surface area contributed by atoms with Gasteiger partial charge in [-0.05, 0) is 23.3 Å². The van der Waals surface area contributed by atoms with Gasteiger partial charge in [-0.2, -0.15) is 0 Å². The van der Waals surface area contributed by atoms with Crippen molar-refractivity contribution in [3.8, 4) is 0 Å². The zero-order chi connectivity index (χ0) is 17.6. The number of carbonyl (C=O) groups excluding carboxylic acids is 2. The van der Waals surface area contributed by atoms with Crippen LogP contribution in [0, 0.1) is 0 Å². The van der Waals surface area contributed by atoms with E-state index in [2.05, 4.69) is 4.98 Å². The number of likely N-dealkylation sites (N-methyl/N-ethyl adjacent to an activating group) is 1. The molecule has 0 bridgehead atoms. The van der Waals surface area contributed by atoms with Crippen LogP contribution in [0.4, 0.5) is 4.79 Å². The first-order chi connectivity index (χ1) is 11.4. The molecule has 0 aliphatic carbocycles. The molecule has 2 amide bonds. The molecule has 0 aliphatic rings. The Labute approximate surface area is 153 Å². The van der Waals surface area contributed by atoms with Gasteiger partial charge in [0.1, 0.15) is 0 Å². The predicted molar refractivity (Wildman–Crippen MR) is 97.4 cm³/mol. The van der Waals surface area contributed by atoms with Crippen molar-refractivity contribution < 1.29 is 14.3 Å². The Morgan fingerprint density at radius 3 is 2.04 bits per heavy atom. The Hall–Kier alpha value is -2.60. The lowest BCUT2D eigenvalue weighted by Crippen LogP contribution is -2.53. The van der Waals surface area contributed by atoms with E-state index in [0.717, 1.165) is 11.1 Å². The van der Waals surface area contributed by atoms with Crippen LogP contribution in [0.1, 0.15) is 11.1 Å². The lowest BCUT2D eigenvalue weighted by molar-refractivity contribution is -0.148. The minimum absolute atomic E-state index is 0. The quantitative estimate of drug-likeness (QED) is 0.852. The molecule has 2 rings (SSSR count). The third-order valence-electron chi connectivity index (χ3n) is 3.66. The highest BCUT2D eigenvalue weighted by Gasteiger charge is 2.43. The van der Waals surface area contributed by atoms with Crippen LogP contribution in [-0.4, -0.2) is 41.6 Å². The Balaban J connectivity index is 0.00000312. The first-order valence-corrected chi connectivity index (χ1v) is 7.56. The third kappa shape index (κ3) is 5.46. The van der Waals surface area contributed by atoms with E-state index in [1.54, 1.807) is 38.6 Å². The van der Waals surface area contributed by atoms with Gasteiger partial charge in [-0.3, -0.25) is 9.78 Å². The van der Waals surface area contributed by atoms with Crippen LogP contribution in [0.25, 0.3) is 0 Å². The zero-order valence-electron chi connectivity index (χ0n) is 14.2. The Morgan fingerprint density at radius 1 is 1.04 bits per heavy atom. The fraction of sp³-hybridized carbons (Fsp3) is 0.278. The predicted octanol–water partition coefficient (Wildman–Crippen LogP) is 2.21. The molecule has 2 aromatic rings. The molecular weight excluding hydrogens is 342 g/mol. The van der Waals surface area contributed by atoms with Gasteiger partial charge in [0, 0.05) is 39.3 Å². The minimum Gasteiger partial charge on any atom is -0.432 e. The number of pyridine rings is 1. The number of nitrogens with two attached hydrogens (primary N) is 1. The number of carbonyl (C=O) groups is 2. The van der Waals surface area contributed by atoms with E-state index in [-0.39, 0.29) is 31.2 Å². The van der Waals surface area contributed by atoms with Gasteiger partial charge >= 0.3 is 6.09 Å². The van der Waals surface area contributed by atoms with Crippen LogP contribution in [0.3, 0.4) is 0 Å².